The summed E-state index contributed by atoms with van der Waals surface area (Å²) in [6.07, 6.45) is 1.12. The van der Waals surface area contributed by atoms with E-state index in [1.807, 2.05) is 6.92 Å². The molecule has 102 valence electrons. The molecule has 1 N–H and O–H groups in total. The summed E-state index contributed by atoms with van der Waals surface area (Å²) >= 11 is 2.08. The van der Waals surface area contributed by atoms with Crippen LogP contribution in [0.3, 0.4) is 0 Å². The number of thioether (sulfide) groups is 1. The van der Waals surface area contributed by atoms with E-state index in [0.29, 0.717) is 6.04 Å². The first-order chi connectivity index (χ1) is 8.25. The molecule has 0 bridgehead atoms. The lowest BCUT2D eigenvalue weighted by Gasteiger charge is -2.37. The fourth-order valence-corrected chi connectivity index (χ4v) is 3.31. The molecule has 0 radical (unpaired) electrons. The lowest BCUT2D eigenvalue weighted by molar-refractivity contribution is 0.141. The molecule has 0 aliphatic carbocycles. The normalized spacial score (nSPS) is 23.8. The fourth-order valence-electron chi connectivity index (χ4n) is 2.27. The van der Waals surface area contributed by atoms with Crippen LogP contribution < -0.4 is 5.32 Å². The van der Waals surface area contributed by atoms with E-state index in [4.69, 9.17) is 4.74 Å². The topological polar surface area (TPSA) is 24.5 Å². The van der Waals surface area contributed by atoms with E-state index in [-0.39, 0.29) is 0 Å². The van der Waals surface area contributed by atoms with Crippen molar-refractivity contribution in [2.45, 2.75) is 39.3 Å². The first-order valence-corrected chi connectivity index (χ1v) is 8.03. The van der Waals surface area contributed by atoms with Crippen molar-refractivity contribution in [3.63, 3.8) is 0 Å². The highest BCUT2D eigenvalue weighted by molar-refractivity contribution is 7.99. The molecule has 0 aromatic carbocycles. The average molecular weight is 260 g/mol. The van der Waals surface area contributed by atoms with Crippen molar-refractivity contribution in [2.24, 2.45) is 0 Å². The molecule has 3 nitrogen and oxygen atoms in total. The Morgan fingerprint density at radius 2 is 2.35 bits per heavy atom. The van der Waals surface area contributed by atoms with Crippen LogP contribution in [0.25, 0.3) is 0 Å². The monoisotopic (exact) mass is 260 g/mol. The van der Waals surface area contributed by atoms with Gasteiger partial charge in [0.2, 0.25) is 0 Å². The molecule has 0 aromatic heterocycles. The third-order valence-corrected chi connectivity index (χ3v) is 4.46. The molecular formula is C13H28N2OS. The molecule has 0 saturated carbocycles. The highest BCUT2D eigenvalue weighted by Crippen LogP contribution is 2.17. The third-order valence-electron chi connectivity index (χ3n) is 3.27. The minimum absolute atomic E-state index is 0.651. The van der Waals surface area contributed by atoms with Gasteiger partial charge >= 0.3 is 0 Å². The summed E-state index contributed by atoms with van der Waals surface area (Å²) in [5, 5.41) is 3.53. The predicted octanol–water partition coefficient (Wildman–Crippen LogP) is 1.83. The van der Waals surface area contributed by atoms with Crippen molar-refractivity contribution in [3.8, 4) is 0 Å². The zero-order chi connectivity index (χ0) is 12.5. The highest BCUT2D eigenvalue weighted by atomic mass is 32.2. The second kappa shape index (κ2) is 9.20. The van der Waals surface area contributed by atoms with Gasteiger partial charge in [-0.25, -0.2) is 0 Å². The lowest BCUT2D eigenvalue weighted by atomic mass is 10.2. The van der Waals surface area contributed by atoms with E-state index < -0.39 is 0 Å². The van der Waals surface area contributed by atoms with Crippen LogP contribution in [-0.2, 0) is 4.74 Å². The van der Waals surface area contributed by atoms with Crippen LogP contribution in [0, 0.1) is 0 Å². The number of hydrogen-bond acceptors (Lipinski definition) is 4. The summed E-state index contributed by atoms with van der Waals surface area (Å²) in [7, 11) is 0. The molecule has 1 fully saturated rings. The second-order valence-electron chi connectivity index (χ2n) is 4.77. The molecule has 2 unspecified atom stereocenters. The van der Waals surface area contributed by atoms with Crippen LogP contribution in [-0.4, -0.2) is 61.3 Å². The molecule has 4 heteroatoms. The van der Waals surface area contributed by atoms with Gasteiger partial charge in [0.25, 0.3) is 0 Å². The molecule has 1 aliphatic heterocycles. The van der Waals surface area contributed by atoms with E-state index in [9.17, 15) is 0 Å². The summed E-state index contributed by atoms with van der Waals surface area (Å²) in [6.45, 7) is 11.9. The number of nitrogens with zero attached hydrogens (tertiary/aromatic N) is 1. The van der Waals surface area contributed by atoms with E-state index >= 15 is 0 Å². The molecule has 1 aliphatic rings. The summed E-state index contributed by atoms with van der Waals surface area (Å²) in [4.78, 5) is 2.63. The maximum absolute atomic E-state index is 5.32. The maximum atomic E-state index is 5.32. The van der Waals surface area contributed by atoms with Gasteiger partial charge in [-0.05, 0) is 33.7 Å². The predicted molar refractivity (Wildman–Crippen MR) is 76.9 cm³/mol. The van der Waals surface area contributed by atoms with Gasteiger partial charge in [-0.1, -0.05) is 0 Å². The summed E-state index contributed by atoms with van der Waals surface area (Å²) < 4.78 is 5.32. The minimum Gasteiger partial charge on any atom is -0.382 e. The molecule has 0 spiro atoms. The molecule has 17 heavy (non-hydrogen) atoms. The first-order valence-electron chi connectivity index (χ1n) is 6.87. The van der Waals surface area contributed by atoms with Gasteiger partial charge in [-0.15, -0.1) is 0 Å². The Labute approximate surface area is 111 Å². The number of rotatable bonds is 8. The van der Waals surface area contributed by atoms with Crippen LogP contribution in [0.2, 0.25) is 0 Å². The van der Waals surface area contributed by atoms with Gasteiger partial charge < -0.3 is 10.1 Å². The SMILES string of the molecule is CCOCCCNCC(C)N1CCSCC1C. The van der Waals surface area contributed by atoms with Crippen molar-refractivity contribution in [2.75, 3.05) is 44.4 Å². The maximum Gasteiger partial charge on any atom is 0.0477 e. The smallest absolute Gasteiger partial charge is 0.0477 e. The van der Waals surface area contributed by atoms with E-state index in [1.54, 1.807) is 0 Å². The van der Waals surface area contributed by atoms with E-state index in [2.05, 4.69) is 35.8 Å². The Hall–Kier alpha value is 0.230. The van der Waals surface area contributed by atoms with Crippen molar-refractivity contribution in [3.05, 3.63) is 0 Å². The van der Waals surface area contributed by atoms with Crippen LogP contribution in [0.15, 0.2) is 0 Å². The van der Waals surface area contributed by atoms with Crippen LogP contribution in [0.1, 0.15) is 27.2 Å². The summed E-state index contributed by atoms with van der Waals surface area (Å²) in [5.41, 5.74) is 0. The second-order valence-corrected chi connectivity index (χ2v) is 5.92. The number of hydrogen-bond donors (Lipinski definition) is 1. The van der Waals surface area contributed by atoms with Gasteiger partial charge in [0.05, 0.1) is 0 Å². The lowest BCUT2D eigenvalue weighted by Crippen LogP contribution is -2.49. The molecule has 2 atom stereocenters. The molecule has 1 heterocycles. The molecular weight excluding hydrogens is 232 g/mol. The van der Waals surface area contributed by atoms with Gasteiger partial charge in [0, 0.05) is 49.9 Å². The highest BCUT2D eigenvalue weighted by Gasteiger charge is 2.22. The Morgan fingerprint density at radius 1 is 1.53 bits per heavy atom. The van der Waals surface area contributed by atoms with Crippen molar-refractivity contribution < 1.29 is 4.74 Å². The number of ether oxygens (including phenoxy) is 1. The summed E-state index contributed by atoms with van der Waals surface area (Å²) in [5.74, 6) is 2.58. The number of nitrogens with one attached hydrogen (secondary N) is 1. The van der Waals surface area contributed by atoms with Crippen molar-refractivity contribution in [1.29, 1.82) is 0 Å². The minimum atomic E-state index is 0.651. The summed E-state index contributed by atoms with van der Waals surface area (Å²) in [6, 6.07) is 1.38. The molecule has 1 saturated heterocycles. The van der Waals surface area contributed by atoms with E-state index in [1.165, 1.54) is 18.1 Å². The van der Waals surface area contributed by atoms with Crippen molar-refractivity contribution >= 4 is 11.8 Å². The van der Waals surface area contributed by atoms with Crippen molar-refractivity contribution in [1.82, 2.24) is 10.2 Å². The Balaban J connectivity index is 2.05. The van der Waals surface area contributed by atoms with Crippen LogP contribution in [0.5, 0.6) is 0 Å². The first kappa shape index (κ1) is 15.3. The van der Waals surface area contributed by atoms with Crippen LogP contribution in [0.4, 0.5) is 0 Å². The van der Waals surface area contributed by atoms with Gasteiger partial charge in [-0.2, -0.15) is 11.8 Å². The Kier molecular flexibility index (Phi) is 8.27. The third kappa shape index (κ3) is 6.09. The average Bonchev–Trinajstić information content (AvgIpc) is 2.34. The van der Waals surface area contributed by atoms with Crippen LogP contribution >= 0.6 is 11.8 Å². The quantitative estimate of drug-likeness (QED) is 0.673. The molecule has 0 aromatic rings. The largest absolute Gasteiger partial charge is 0.382 e. The van der Waals surface area contributed by atoms with Gasteiger partial charge in [-0.3, -0.25) is 4.90 Å². The zero-order valence-corrected chi connectivity index (χ0v) is 12.4. The van der Waals surface area contributed by atoms with Gasteiger partial charge in [0.15, 0.2) is 0 Å². The van der Waals surface area contributed by atoms with Gasteiger partial charge in [0.1, 0.15) is 0 Å². The molecule has 0 amide bonds. The Morgan fingerprint density at radius 3 is 3.06 bits per heavy atom. The Bertz CT molecular complexity index is 192. The molecule has 1 rings (SSSR count). The zero-order valence-electron chi connectivity index (χ0n) is 11.6. The fraction of sp³-hybridized carbons (Fsp3) is 1.00. The standard InChI is InChI=1S/C13H28N2OS/c1-4-16-8-5-6-14-10-12(2)15-7-9-17-11-13(15)3/h12-14H,4-11H2,1-3H3. The van der Waals surface area contributed by atoms with E-state index in [0.717, 1.165) is 38.8 Å².